The number of carbonyl (C=O) groups is 1. The van der Waals surface area contributed by atoms with Crippen LogP contribution in [0.4, 0.5) is 0 Å². The number of nitrogens with zero attached hydrogens (tertiary/aromatic N) is 2. The van der Waals surface area contributed by atoms with E-state index >= 15 is 0 Å². The van der Waals surface area contributed by atoms with Gasteiger partial charge in [0.05, 0.1) is 34.6 Å². The van der Waals surface area contributed by atoms with E-state index in [9.17, 15) is 13.2 Å². The number of amides is 1. The molecule has 7 nitrogen and oxygen atoms in total. The zero-order valence-electron chi connectivity index (χ0n) is 17.2. The lowest BCUT2D eigenvalue weighted by Gasteiger charge is -2.06. The van der Waals surface area contributed by atoms with Crippen LogP contribution in [0.25, 0.3) is 10.2 Å². The van der Waals surface area contributed by atoms with Crippen LogP contribution < -0.4 is 9.54 Å². The molecule has 1 aromatic heterocycles. The largest absolute Gasteiger partial charge is 0.497 e. The molecule has 0 fully saturated rings. The number of methoxy groups -OCH3 is 1. The first kappa shape index (κ1) is 23.6. The third kappa shape index (κ3) is 6.03. The summed E-state index contributed by atoms with van der Waals surface area (Å²) < 4.78 is 39.4. The Morgan fingerprint density at radius 3 is 2.61 bits per heavy atom. The molecule has 0 unspecified atom stereocenters. The molecule has 10 heteroatoms. The van der Waals surface area contributed by atoms with Crippen LogP contribution in [0.3, 0.4) is 0 Å². The number of aromatic nitrogens is 1. The molecule has 3 aromatic rings. The summed E-state index contributed by atoms with van der Waals surface area (Å²) in [5.41, 5.74) is 0.949. The lowest BCUT2D eigenvalue weighted by Crippen LogP contribution is -2.20. The quantitative estimate of drug-likeness (QED) is 0.395. The van der Waals surface area contributed by atoms with Crippen LogP contribution in [0.15, 0.2) is 56.8 Å². The van der Waals surface area contributed by atoms with Crippen molar-refractivity contribution in [3.05, 3.63) is 51.7 Å². The van der Waals surface area contributed by atoms with E-state index in [1.54, 1.807) is 12.1 Å². The van der Waals surface area contributed by atoms with Crippen molar-refractivity contribution < 1.29 is 22.7 Å². The fourth-order valence-corrected chi connectivity index (χ4v) is 5.79. The van der Waals surface area contributed by atoms with Gasteiger partial charge in [-0.15, -0.1) is 0 Å². The second-order valence-electron chi connectivity index (χ2n) is 6.60. The van der Waals surface area contributed by atoms with Crippen LogP contribution in [0, 0.1) is 0 Å². The van der Waals surface area contributed by atoms with Crippen molar-refractivity contribution in [2.75, 3.05) is 26.1 Å². The van der Waals surface area contributed by atoms with E-state index in [0.29, 0.717) is 30.3 Å². The van der Waals surface area contributed by atoms with Crippen molar-refractivity contribution in [2.24, 2.45) is 4.99 Å². The van der Waals surface area contributed by atoms with Crippen molar-refractivity contribution in [3.63, 3.8) is 0 Å². The van der Waals surface area contributed by atoms with Gasteiger partial charge < -0.3 is 14.0 Å². The maximum atomic E-state index is 12.5. The minimum atomic E-state index is -3.60. The Labute approximate surface area is 193 Å². The van der Waals surface area contributed by atoms with Crippen molar-refractivity contribution in [1.29, 1.82) is 0 Å². The van der Waals surface area contributed by atoms with Crippen LogP contribution in [0.2, 0.25) is 0 Å². The zero-order chi connectivity index (χ0) is 22.4. The molecule has 1 heterocycles. The minimum Gasteiger partial charge on any atom is -0.497 e. The highest BCUT2D eigenvalue weighted by Gasteiger charge is 2.17. The molecular formula is C21H23BrN2O5S2. The molecule has 166 valence electrons. The molecule has 0 atom stereocenters. The topological polar surface area (TPSA) is 87.0 Å². The number of benzene rings is 2. The van der Waals surface area contributed by atoms with E-state index in [1.807, 2.05) is 29.7 Å². The highest BCUT2D eigenvalue weighted by molar-refractivity contribution is 9.10. The number of ether oxygens (including phenoxy) is 2. The van der Waals surface area contributed by atoms with Gasteiger partial charge in [-0.25, -0.2) is 8.42 Å². The van der Waals surface area contributed by atoms with Gasteiger partial charge in [-0.05, 0) is 49.4 Å². The Morgan fingerprint density at radius 1 is 1.19 bits per heavy atom. The van der Waals surface area contributed by atoms with Gasteiger partial charge in [0.2, 0.25) is 5.91 Å². The summed E-state index contributed by atoms with van der Waals surface area (Å²) in [4.78, 5) is 17.4. The first-order valence-electron chi connectivity index (χ1n) is 9.65. The molecule has 0 saturated heterocycles. The van der Waals surface area contributed by atoms with Crippen molar-refractivity contribution in [2.45, 2.75) is 24.8 Å². The summed E-state index contributed by atoms with van der Waals surface area (Å²) >= 11 is 4.84. The third-order valence-corrected chi connectivity index (χ3v) is 7.80. The minimum absolute atomic E-state index is 0.152. The molecule has 1 amide bonds. The van der Waals surface area contributed by atoms with Crippen molar-refractivity contribution in [3.8, 4) is 5.75 Å². The molecule has 0 aliphatic heterocycles. The lowest BCUT2D eigenvalue weighted by molar-refractivity contribution is -0.117. The smallest absolute Gasteiger partial charge is 0.249 e. The Bertz CT molecular complexity index is 1230. The molecule has 0 bridgehead atoms. The lowest BCUT2D eigenvalue weighted by atomic mass is 10.3. The molecule has 2 aromatic carbocycles. The number of thiazole rings is 1. The Kier molecular flexibility index (Phi) is 8.04. The number of hydrogen-bond donors (Lipinski definition) is 0. The standard InChI is InChI=1S/C21H23BrN2O5S2/c1-3-29-12-11-24-18-9-4-15(22)14-19(18)30-21(24)23-20(25)10-13-31(26,27)17-7-5-16(28-2)6-8-17/h4-9,14H,3,10-13H2,1-2H3. The summed E-state index contributed by atoms with van der Waals surface area (Å²) in [6, 6.07) is 12.0. The normalized spacial score (nSPS) is 12.4. The van der Waals surface area contributed by atoms with Crippen LogP contribution in [-0.2, 0) is 25.9 Å². The summed E-state index contributed by atoms with van der Waals surface area (Å²) in [6.45, 7) is 3.56. The fourth-order valence-electron chi connectivity index (χ4n) is 2.93. The van der Waals surface area contributed by atoms with Crippen LogP contribution in [-0.4, -0.2) is 45.0 Å². The second kappa shape index (κ2) is 10.5. The number of fused-ring (bicyclic) bond motifs is 1. The van der Waals surface area contributed by atoms with Crippen LogP contribution in [0.1, 0.15) is 13.3 Å². The number of rotatable bonds is 9. The van der Waals surface area contributed by atoms with E-state index in [-0.39, 0.29) is 17.1 Å². The summed E-state index contributed by atoms with van der Waals surface area (Å²) in [5, 5.41) is 0. The molecule has 31 heavy (non-hydrogen) atoms. The van der Waals surface area contributed by atoms with E-state index in [1.165, 1.54) is 30.6 Å². The summed E-state index contributed by atoms with van der Waals surface area (Å²) in [6.07, 6.45) is -0.197. The highest BCUT2D eigenvalue weighted by Crippen LogP contribution is 2.22. The van der Waals surface area contributed by atoms with Gasteiger partial charge in [-0.3, -0.25) is 4.79 Å². The Balaban J connectivity index is 1.81. The first-order valence-corrected chi connectivity index (χ1v) is 12.9. The van der Waals surface area contributed by atoms with Crippen molar-refractivity contribution >= 4 is 53.2 Å². The third-order valence-electron chi connectivity index (χ3n) is 4.53. The van der Waals surface area contributed by atoms with Gasteiger partial charge in [0.15, 0.2) is 14.6 Å². The van der Waals surface area contributed by atoms with Crippen LogP contribution >= 0.6 is 27.3 Å². The summed E-state index contributed by atoms with van der Waals surface area (Å²) in [7, 11) is -2.09. The number of carbonyl (C=O) groups excluding carboxylic acids is 1. The number of hydrogen-bond acceptors (Lipinski definition) is 6. The SMILES string of the molecule is CCOCCn1c(=NC(=O)CCS(=O)(=O)c2ccc(OC)cc2)sc2cc(Br)ccc21. The van der Waals surface area contributed by atoms with Crippen molar-refractivity contribution in [1.82, 2.24) is 4.57 Å². The van der Waals surface area contributed by atoms with E-state index < -0.39 is 15.7 Å². The molecule has 0 saturated carbocycles. The van der Waals surface area contributed by atoms with E-state index in [4.69, 9.17) is 9.47 Å². The first-order chi connectivity index (χ1) is 14.8. The average Bonchev–Trinajstić information content (AvgIpc) is 3.08. The van der Waals surface area contributed by atoms with Gasteiger partial charge >= 0.3 is 0 Å². The van der Waals surface area contributed by atoms with E-state index in [2.05, 4.69) is 20.9 Å². The van der Waals surface area contributed by atoms with Gasteiger partial charge in [-0.1, -0.05) is 27.3 Å². The van der Waals surface area contributed by atoms with E-state index in [0.717, 1.165) is 14.7 Å². The predicted molar refractivity (Wildman–Crippen MR) is 124 cm³/mol. The van der Waals surface area contributed by atoms with Gasteiger partial charge in [0, 0.05) is 24.0 Å². The fraction of sp³-hybridized carbons (Fsp3) is 0.333. The summed E-state index contributed by atoms with van der Waals surface area (Å²) in [5.74, 6) is -0.220. The van der Waals surface area contributed by atoms with Crippen LogP contribution in [0.5, 0.6) is 5.75 Å². The van der Waals surface area contributed by atoms with Gasteiger partial charge in [0.25, 0.3) is 0 Å². The molecule has 0 radical (unpaired) electrons. The monoisotopic (exact) mass is 526 g/mol. The Morgan fingerprint density at radius 2 is 1.94 bits per heavy atom. The highest BCUT2D eigenvalue weighted by atomic mass is 79.9. The molecule has 0 N–H and O–H groups in total. The Hall–Kier alpha value is -2.01. The maximum Gasteiger partial charge on any atom is 0.249 e. The number of sulfone groups is 1. The molecule has 3 rings (SSSR count). The zero-order valence-corrected chi connectivity index (χ0v) is 20.4. The average molecular weight is 527 g/mol. The van der Waals surface area contributed by atoms with Gasteiger partial charge in [-0.2, -0.15) is 4.99 Å². The molecular weight excluding hydrogens is 504 g/mol. The van der Waals surface area contributed by atoms with Gasteiger partial charge in [0.1, 0.15) is 5.75 Å². The molecule has 0 spiro atoms. The predicted octanol–water partition coefficient (Wildman–Crippen LogP) is 3.80. The maximum absolute atomic E-state index is 12.5. The molecule has 0 aliphatic rings. The molecule has 0 aliphatic carbocycles. The second-order valence-corrected chi connectivity index (χ2v) is 10.6. The number of halogens is 1.